The topological polar surface area (TPSA) is 99.5 Å². The number of phenolic OH excluding ortho intramolecular Hbond substituents is 2. The SMILES string of the molecule is COc1cc(C(O)C(=O)N(C)Cc2c(C)c(C)c(O)c(OC)c2C)cc(C)c1O. The number of amides is 1. The van der Waals surface area contributed by atoms with Crippen LogP contribution in [0.3, 0.4) is 0 Å². The lowest BCUT2D eigenvalue weighted by molar-refractivity contribution is -0.139. The van der Waals surface area contributed by atoms with Gasteiger partial charge in [0.1, 0.15) is 0 Å². The highest BCUT2D eigenvalue weighted by Gasteiger charge is 2.26. The van der Waals surface area contributed by atoms with E-state index in [0.29, 0.717) is 22.4 Å². The molecule has 0 spiro atoms. The number of aromatic hydroxyl groups is 2. The van der Waals surface area contributed by atoms with Gasteiger partial charge in [-0.1, -0.05) is 0 Å². The van der Waals surface area contributed by atoms with E-state index in [1.807, 2.05) is 13.8 Å². The highest BCUT2D eigenvalue weighted by atomic mass is 16.5. The fourth-order valence-corrected chi connectivity index (χ4v) is 3.41. The molecule has 0 heterocycles. The molecule has 0 aliphatic rings. The normalized spacial score (nSPS) is 11.9. The largest absolute Gasteiger partial charge is 0.504 e. The summed E-state index contributed by atoms with van der Waals surface area (Å²) >= 11 is 0. The van der Waals surface area contributed by atoms with Crippen molar-refractivity contribution in [2.75, 3.05) is 21.3 Å². The summed E-state index contributed by atoms with van der Waals surface area (Å²) in [5, 5.41) is 30.9. The first-order valence-electron chi connectivity index (χ1n) is 9.21. The lowest BCUT2D eigenvalue weighted by atomic mass is 9.95. The first-order valence-corrected chi connectivity index (χ1v) is 9.21. The quantitative estimate of drug-likeness (QED) is 0.686. The maximum absolute atomic E-state index is 12.9. The smallest absolute Gasteiger partial charge is 0.256 e. The molecule has 158 valence electrons. The Morgan fingerprint density at radius 2 is 1.62 bits per heavy atom. The molecule has 0 aliphatic heterocycles. The highest BCUT2D eigenvalue weighted by Crippen LogP contribution is 2.39. The van der Waals surface area contributed by atoms with Gasteiger partial charge in [-0.25, -0.2) is 0 Å². The third-order valence-electron chi connectivity index (χ3n) is 5.41. The molecule has 0 aromatic heterocycles. The van der Waals surface area contributed by atoms with E-state index in [4.69, 9.17) is 9.47 Å². The Labute approximate surface area is 171 Å². The maximum atomic E-state index is 12.9. The van der Waals surface area contributed by atoms with E-state index in [0.717, 1.165) is 16.7 Å². The van der Waals surface area contributed by atoms with Crippen LogP contribution >= 0.6 is 0 Å². The van der Waals surface area contributed by atoms with Gasteiger partial charge >= 0.3 is 0 Å². The monoisotopic (exact) mass is 403 g/mol. The average molecular weight is 403 g/mol. The Hall–Kier alpha value is -2.93. The zero-order valence-electron chi connectivity index (χ0n) is 18.0. The molecule has 7 nitrogen and oxygen atoms in total. The van der Waals surface area contributed by atoms with Gasteiger partial charge < -0.3 is 29.7 Å². The van der Waals surface area contributed by atoms with Crippen LogP contribution in [-0.4, -0.2) is 47.4 Å². The molecule has 0 saturated carbocycles. The Balaban J connectivity index is 2.35. The van der Waals surface area contributed by atoms with Gasteiger partial charge in [0.2, 0.25) is 0 Å². The van der Waals surface area contributed by atoms with E-state index < -0.39 is 12.0 Å². The van der Waals surface area contributed by atoms with Crippen molar-refractivity contribution in [3.63, 3.8) is 0 Å². The summed E-state index contributed by atoms with van der Waals surface area (Å²) in [4.78, 5) is 14.3. The van der Waals surface area contributed by atoms with Gasteiger partial charge in [0.05, 0.1) is 14.2 Å². The number of aliphatic hydroxyl groups is 1. The molecule has 1 amide bonds. The number of hydrogen-bond acceptors (Lipinski definition) is 6. The summed E-state index contributed by atoms with van der Waals surface area (Å²) in [6.45, 7) is 7.39. The molecule has 29 heavy (non-hydrogen) atoms. The van der Waals surface area contributed by atoms with Crippen molar-refractivity contribution in [3.8, 4) is 23.0 Å². The van der Waals surface area contributed by atoms with Crippen LogP contribution in [0.15, 0.2) is 12.1 Å². The number of ether oxygens (including phenoxy) is 2. The number of hydrogen-bond donors (Lipinski definition) is 3. The minimum absolute atomic E-state index is 0.0258. The Morgan fingerprint density at radius 3 is 2.17 bits per heavy atom. The molecule has 0 bridgehead atoms. The van der Waals surface area contributed by atoms with Crippen LogP contribution in [0.2, 0.25) is 0 Å². The van der Waals surface area contributed by atoms with E-state index in [1.165, 1.54) is 25.2 Å². The summed E-state index contributed by atoms with van der Waals surface area (Å²) in [5.41, 5.74) is 3.96. The first kappa shape index (κ1) is 22.4. The van der Waals surface area contributed by atoms with E-state index in [2.05, 4.69) is 0 Å². The van der Waals surface area contributed by atoms with Crippen LogP contribution in [0, 0.1) is 27.7 Å². The second-order valence-electron chi connectivity index (χ2n) is 7.22. The van der Waals surface area contributed by atoms with Gasteiger partial charge in [0, 0.05) is 19.2 Å². The molecule has 2 rings (SSSR count). The maximum Gasteiger partial charge on any atom is 0.256 e. The number of carbonyl (C=O) groups is 1. The average Bonchev–Trinajstić information content (AvgIpc) is 2.70. The number of methoxy groups -OCH3 is 2. The summed E-state index contributed by atoms with van der Waals surface area (Å²) in [7, 11) is 4.49. The molecule has 1 atom stereocenters. The molecule has 0 fully saturated rings. The van der Waals surface area contributed by atoms with E-state index in [9.17, 15) is 20.1 Å². The molecule has 7 heteroatoms. The fourth-order valence-electron chi connectivity index (χ4n) is 3.41. The van der Waals surface area contributed by atoms with Crippen molar-refractivity contribution in [3.05, 3.63) is 45.5 Å². The number of aliphatic hydroxyl groups excluding tert-OH is 1. The molecule has 2 aromatic rings. The van der Waals surface area contributed by atoms with Gasteiger partial charge in [-0.2, -0.15) is 0 Å². The lowest BCUT2D eigenvalue weighted by Gasteiger charge is -2.25. The second-order valence-corrected chi connectivity index (χ2v) is 7.22. The molecule has 0 saturated heterocycles. The van der Waals surface area contributed by atoms with Gasteiger partial charge in [-0.05, 0) is 67.6 Å². The minimum atomic E-state index is -1.41. The van der Waals surface area contributed by atoms with Crippen LogP contribution in [0.4, 0.5) is 0 Å². The second kappa shape index (κ2) is 8.61. The van der Waals surface area contributed by atoms with Crippen molar-refractivity contribution in [2.45, 2.75) is 40.3 Å². The van der Waals surface area contributed by atoms with Crippen LogP contribution < -0.4 is 9.47 Å². The van der Waals surface area contributed by atoms with Gasteiger partial charge in [0.25, 0.3) is 5.91 Å². The van der Waals surface area contributed by atoms with E-state index >= 15 is 0 Å². The number of likely N-dealkylation sites (N-methyl/N-ethyl adjacent to an activating group) is 1. The van der Waals surface area contributed by atoms with Gasteiger partial charge in [0.15, 0.2) is 29.1 Å². The predicted molar refractivity (Wildman–Crippen MR) is 110 cm³/mol. The summed E-state index contributed by atoms with van der Waals surface area (Å²) in [6.07, 6.45) is -1.41. The van der Waals surface area contributed by atoms with Crippen molar-refractivity contribution >= 4 is 5.91 Å². The Bertz CT molecular complexity index is 938. The van der Waals surface area contributed by atoms with Gasteiger partial charge in [-0.3, -0.25) is 4.79 Å². The zero-order valence-corrected chi connectivity index (χ0v) is 18.0. The van der Waals surface area contributed by atoms with E-state index in [1.54, 1.807) is 27.0 Å². The van der Waals surface area contributed by atoms with Crippen LogP contribution in [0.5, 0.6) is 23.0 Å². The molecule has 0 aliphatic carbocycles. The molecular weight excluding hydrogens is 374 g/mol. The van der Waals surface area contributed by atoms with Crippen molar-refractivity contribution in [1.29, 1.82) is 0 Å². The molecule has 0 radical (unpaired) electrons. The Morgan fingerprint density at radius 1 is 1.00 bits per heavy atom. The number of phenols is 2. The van der Waals surface area contributed by atoms with E-state index in [-0.39, 0.29) is 23.8 Å². The van der Waals surface area contributed by atoms with Crippen LogP contribution in [0.25, 0.3) is 0 Å². The number of rotatable bonds is 6. The van der Waals surface area contributed by atoms with Crippen molar-refractivity contribution in [1.82, 2.24) is 4.90 Å². The standard InChI is InChI=1S/C22H29NO6/c1-11-8-15(9-17(28-6)18(11)24)20(26)22(27)23(5)10-16-12(2)13(3)19(25)21(29-7)14(16)4/h8-9,20,24-26H,10H2,1-7H3. The van der Waals surface area contributed by atoms with Crippen LogP contribution in [0.1, 0.15) is 39.5 Å². The fraction of sp³-hybridized carbons (Fsp3) is 0.409. The molecule has 1 unspecified atom stereocenters. The van der Waals surface area contributed by atoms with Gasteiger partial charge in [-0.15, -0.1) is 0 Å². The zero-order chi connectivity index (χ0) is 22.0. The first-order chi connectivity index (χ1) is 13.5. The number of benzene rings is 2. The Kier molecular flexibility index (Phi) is 6.64. The number of aryl methyl sites for hydroxylation is 1. The lowest BCUT2D eigenvalue weighted by Crippen LogP contribution is -2.32. The highest BCUT2D eigenvalue weighted by molar-refractivity contribution is 5.82. The molecule has 2 aromatic carbocycles. The summed E-state index contributed by atoms with van der Waals surface area (Å²) < 4.78 is 10.4. The molecular formula is C22H29NO6. The third kappa shape index (κ3) is 4.10. The van der Waals surface area contributed by atoms with Crippen molar-refractivity contribution in [2.24, 2.45) is 0 Å². The molecule has 3 N–H and O–H groups in total. The predicted octanol–water partition coefficient (Wildman–Crippen LogP) is 3.04. The third-order valence-corrected chi connectivity index (χ3v) is 5.41. The summed E-state index contributed by atoms with van der Waals surface area (Å²) in [6, 6.07) is 3.00. The van der Waals surface area contributed by atoms with Crippen LogP contribution in [-0.2, 0) is 11.3 Å². The summed E-state index contributed by atoms with van der Waals surface area (Å²) in [5.74, 6) is 0.137. The number of carbonyl (C=O) groups excluding carboxylic acids is 1. The number of nitrogens with zero attached hydrogens (tertiary/aromatic N) is 1. The van der Waals surface area contributed by atoms with Crippen molar-refractivity contribution < 1.29 is 29.6 Å². The minimum Gasteiger partial charge on any atom is -0.504 e.